The lowest BCUT2D eigenvalue weighted by atomic mass is 9.68. The van der Waals surface area contributed by atoms with Crippen LogP contribution in [-0.4, -0.2) is 18.9 Å². The average molecular weight is 433 g/mol. The molecule has 2 atom stereocenters. The van der Waals surface area contributed by atoms with Crippen LogP contribution in [0, 0.1) is 29.6 Å². The minimum absolute atomic E-state index is 0.136. The molecule has 5 heteroatoms. The van der Waals surface area contributed by atoms with Gasteiger partial charge in [-0.2, -0.15) is 13.2 Å². The van der Waals surface area contributed by atoms with Gasteiger partial charge in [-0.05, 0) is 94.3 Å². The van der Waals surface area contributed by atoms with Crippen LogP contribution in [0.4, 0.5) is 17.6 Å². The zero-order chi connectivity index (χ0) is 21.6. The molecule has 1 heterocycles. The topological polar surface area (TPSA) is 9.23 Å². The lowest BCUT2D eigenvalue weighted by Crippen LogP contribution is -2.28. The summed E-state index contributed by atoms with van der Waals surface area (Å²) >= 11 is 0. The van der Waals surface area contributed by atoms with Crippen molar-refractivity contribution in [1.29, 1.82) is 0 Å². The number of hydrogen-bond donors (Lipinski definition) is 0. The molecule has 2 unspecified atom stereocenters. The van der Waals surface area contributed by atoms with Gasteiger partial charge in [0.25, 0.3) is 0 Å². The summed E-state index contributed by atoms with van der Waals surface area (Å²) in [6.45, 7) is 3.20. The zero-order valence-corrected chi connectivity index (χ0v) is 18.6. The largest absolute Gasteiger partial charge is 0.412 e. The van der Waals surface area contributed by atoms with E-state index in [2.05, 4.69) is 6.92 Å². The molecular formula is C25H40F4O. The number of allylic oxidation sites excluding steroid dienone is 2. The molecule has 1 nitrogen and oxygen atoms in total. The number of hydrogen-bond acceptors (Lipinski definition) is 1. The summed E-state index contributed by atoms with van der Waals surface area (Å²) in [6.07, 6.45) is 11.3. The predicted octanol–water partition coefficient (Wildman–Crippen LogP) is 8.39. The van der Waals surface area contributed by atoms with Crippen molar-refractivity contribution in [1.82, 2.24) is 0 Å². The molecule has 3 fully saturated rings. The fourth-order valence-electron chi connectivity index (χ4n) is 6.23. The highest BCUT2D eigenvalue weighted by molar-refractivity contribution is 5.03. The Hall–Kier alpha value is -0.580. The molecule has 0 bridgehead atoms. The minimum Gasteiger partial charge on any atom is -0.378 e. The molecule has 0 amide bonds. The van der Waals surface area contributed by atoms with Crippen molar-refractivity contribution in [3.8, 4) is 0 Å². The molecule has 2 saturated carbocycles. The summed E-state index contributed by atoms with van der Waals surface area (Å²) in [5, 5.41) is 0. The first-order valence-corrected chi connectivity index (χ1v) is 12.4. The zero-order valence-electron chi connectivity index (χ0n) is 18.6. The molecule has 0 N–H and O–H groups in total. The number of rotatable bonds is 7. The standard InChI is InChI=1S/C25H40F4O/c1-2-3-19-7-15-23(30-17-19)14-6-18-4-8-20(9-5-18)21-10-12-22(13-11-21)24(26)16-25(27,28)29/h16,18-23H,2-15,17H2,1H3. The molecule has 0 aromatic rings. The molecule has 0 spiro atoms. The Balaban J connectivity index is 1.31. The Morgan fingerprint density at radius 1 is 0.800 bits per heavy atom. The van der Waals surface area contributed by atoms with Crippen LogP contribution in [0.15, 0.2) is 11.9 Å². The maximum absolute atomic E-state index is 13.8. The van der Waals surface area contributed by atoms with E-state index in [4.69, 9.17) is 4.74 Å². The second-order valence-electron chi connectivity index (χ2n) is 10.2. The maximum Gasteiger partial charge on any atom is 0.412 e. The highest BCUT2D eigenvalue weighted by Crippen LogP contribution is 2.44. The molecule has 2 aliphatic carbocycles. The number of ether oxygens (including phenoxy) is 1. The van der Waals surface area contributed by atoms with Crippen molar-refractivity contribution in [3.05, 3.63) is 11.9 Å². The first kappa shape index (κ1) is 24.1. The molecule has 3 rings (SSSR count). The second kappa shape index (κ2) is 11.3. The van der Waals surface area contributed by atoms with Crippen LogP contribution in [-0.2, 0) is 4.74 Å². The van der Waals surface area contributed by atoms with Gasteiger partial charge in [0, 0.05) is 12.5 Å². The van der Waals surface area contributed by atoms with Gasteiger partial charge < -0.3 is 4.74 Å². The highest BCUT2D eigenvalue weighted by atomic mass is 19.4. The fraction of sp³-hybridized carbons (Fsp3) is 0.920. The summed E-state index contributed by atoms with van der Waals surface area (Å²) in [6, 6.07) is 0. The molecule has 30 heavy (non-hydrogen) atoms. The summed E-state index contributed by atoms with van der Waals surface area (Å²) in [5.41, 5.74) is 0. The van der Waals surface area contributed by atoms with Crippen LogP contribution in [0.5, 0.6) is 0 Å². The second-order valence-corrected chi connectivity index (χ2v) is 10.2. The molecule has 0 aromatic heterocycles. The molecule has 0 radical (unpaired) electrons. The van der Waals surface area contributed by atoms with E-state index in [1.807, 2.05) is 0 Å². The van der Waals surface area contributed by atoms with E-state index in [-0.39, 0.29) is 6.08 Å². The van der Waals surface area contributed by atoms with Crippen LogP contribution in [0.1, 0.15) is 96.8 Å². The minimum atomic E-state index is -4.54. The smallest absolute Gasteiger partial charge is 0.378 e. The van der Waals surface area contributed by atoms with E-state index < -0.39 is 17.9 Å². The van der Waals surface area contributed by atoms with E-state index >= 15 is 0 Å². The van der Waals surface area contributed by atoms with Crippen molar-refractivity contribution >= 4 is 0 Å². The van der Waals surface area contributed by atoms with Crippen molar-refractivity contribution < 1.29 is 22.3 Å². The monoisotopic (exact) mass is 432 g/mol. The third kappa shape index (κ3) is 7.53. The molecule has 1 saturated heterocycles. The van der Waals surface area contributed by atoms with E-state index in [1.165, 1.54) is 64.2 Å². The van der Waals surface area contributed by atoms with Gasteiger partial charge in [0.1, 0.15) is 5.83 Å². The predicted molar refractivity (Wildman–Crippen MR) is 113 cm³/mol. The van der Waals surface area contributed by atoms with Crippen LogP contribution in [0.2, 0.25) is 0 Å². The molecule has 3 aliphatic rings. The van der Waals surface area contributed by atoms with Crippen LogP contribution in [0.25, 0.3) is 0 Å². The normalized spacial score (nSPS) is 36.6. The van der Waals surface area contributed by atoms with E-state index in [9.17, 15) is 17.6 Å². The van der Waals surface area contributed by atoms with E-state index in [0.29, 0.717) is 30.8 Å². The van der Waals surface area contributed by atoms with Gasteiger partial charge in [0.15, 0.2) is 0 Å². The maximum atomic E-state index is 13.8. The Morgan fingerprint density at radius 3 is 1.93 bits per heavy atom. The molecule has 174 valence electrons. The lowest BCUT2D eigenvalue weighted by Gasteiger charge is -2.38. The van der Waals surface area contributed by atoms with Gasteiger partial charge in [-0.1, -0.05) is 26.2 Å². The number of halogens is 4. The fourth-order valence-corrected chi connectivity index (χ4v) is 6.23. The van der Waals surface area contributed by atoms with Gasteiger partial charge in [-0.3, -0.25) is 0 Å². The Labute approximate surface area is 180 Å². The summed E-state index contributed by atoms with van der Waals surface area (Å²) in [4.78, 5) is 0. The quantitative estimate of drug-likeness (QED) is 0.367. The van der Waals surface area contributed by atoms with Gasteiger partial charge in [0.2, 0.25) is 0 Å². The first-order valence-electron chi connectivity index (χ1n) is 12.4. The Morgan fingerprint density at radius 2 is 1.40 bits per heavy atom. The molecular weight excluding hydrogens is 392 g/mol. The van der Waals surface area contributed by atoms with Crippen molar-refractivity contribution in [2.45, 2.75) is 109 Å². The third-order valence-electron chi connectivity index (χ3n) is 8.08. The van der Waals surface area contributed by atoms with Gasteiger partial charge in [0.05, 0.1) is 12.2 Å². The highest BCUT2D eigenvalue weighted by Gasteiger charge is 2.34. The third-order valence-corrected chi connectivity index (χ3v) is 8.08. The first-order chi connectivity index (χ1) is 14.3. The number of alkyl halides is 3. The Bertz CT molecular complexity index is 520. The van der Waals surface area contributed by atoms with Gasteiger partial charge >= 0.3 is 6.18 Å². The van der Waals surface area contributed by atoms with Crippen molar-refractivity contribution in [2.24, 2.45) is 29.6 Å². The van der Waals surface area contributed by atoms with Crippen LogP contribution >= 0.6 is 0 Å². The van der Waals surface area contributed by atoms with E-state index in [1.54, 1.807) is 0 Å². The summed E-state index contributed by atoms with van der Waals surface area (Å²) in [7, 11) is 0. The van der Waals surface area contributed by atoms with Gasteiger partial charge in [-0.25, -0.2) is 4.39 Å². The van der Waals surface area contributed by atoms with Crippen molar-refractivity contribution in [3.63, 3.8) is 0 Å². The van der Waals surface area contributed by atoms with Crippen LogP contribution < -0.4 is 0 Å². The van der Waals surface area contributed by atoms with E-state index in [0.717, 1.165) is 31.3 Å². The summed E-state index contributed by atoms with van der Waals surface area (Å²) in [5.74, 6) is 1.37. The van der Waals surface area contributed by atoms with Gasteiger partial charge in [-0.15, -0.1) is 0 Å². The van der Waals surface area contributed by atoms with Crippen LogP contribution in [0.3, 0.4) is 0 Å². The summed E-state index contributed by atoms with van der Waals surface area (Å²) < 4.78 is 57.1. The SMILES string of the molecule is CCCC1CCC(CCC2CCC(C3CCC(C(F)=CC(F)(F)F)CC3)CC2)OC1. The Kier molecular flexibility index (Phi) is 9.09. The van der Waals surface area contributed by atoms with Crippen molar-refractivity contribution in [2.75, 3.05) is 6.61 Å². The average Bonchev–Trinajstić information content (AvgIpc) is 2.73. The molecule has 1 aliphatic heterocycles. The molecule has 0 aromatic carbocycles. The lowest BCUT2D eigenvalue weighted by molar-refractivity contribution is -0.0821.